The molecule has 0 saturated carbocycles. The quantitative estimate of drug-likeness (QED) is 0.917. The Bertz CT molecular complexity index is 645. The number of thioether (sulfide) groups is 1. The molecule has 0 radical (unpaired) electrons. The van der Waals surface area contributed by atoms with Gasteiger partial charge in [0, 0.05) is 6.54 Å². The number of anilines is 1. The Labute approximate surface area is 124 Å². The normalized spacial score (nSPS) is 17.5. The van der Waals surface area contributed by atoms with Gasteiger partial charge in [0.05, 0.1) is 16.6 Å². The summed E-state index contributed by atoms with van der Waals surface area (Å²) < 4.78 is 40.0. The molecule has 1 aliphatic heterocycles. The average molecular weight is 315 g/mol. The molecule has 2 N–H and O–H groups in total. The standard InChI is InChI=1S/C14H16F3N3S/c15-14(16,17)10-1-2-12-11(7-10)19-13(18)20(12)8-9-3-5-21-6-4-9/h1-2,7,9H,3-6,8H2,(H2,18,19). The maximum atomic E-state index is 12.7. The van der Waals surface area contributed by atoms with E-state index in [-0.39, 0.29) is 0 Å². The van der Waals surface area contributed by atoms with Crippen molar-refractivity contribution in [1.82, 2.24) is 9.55 Å². The largest absolute Gasteiger partial charge is 0.416 e. The van der Waals surface area contributed by atoms with Gasteiger partial charge in [-0.25, -0.2) is 4.98 Å². The first-order valence-electron chi connectivity index (χ1n) is 6.86. The predicted molar refractivity (Wildman–Crippen MR) is 79.2 cm³/mol. The summed E-state index contributed by atoms with van der Waals surface area (Å²) in [5.74, 6) is 3.08. The molecule has 0 aliphatic carbocycles. The van der Waals surface area contributed by atoms with Crippen LogP contribution in [-0.2, 0) is 12.7 Å². The number of halogens is 3. The Kier molecular flexibility index (Phi) is 3.77. The van der Waals surface area contributed by atoms with Crippen molar-refractivity contribution in [1.29, 1.82) is 0 Å². The molecule has 21 heavy (non-hydrogen) atoms. The number of nitrogen functional groups attached to an aromatic ring is 1. The van der Waals surface area contributed by atoms with E-state index in [9.17, 15) is 13.2 Å². The zero-order valence-electron chi connectivity index (χ0n) is 11.4. The molecule has 0 unspecified atom stereocenters. The predicted octanol–water partition coefficient (Wildman–Crippen LogP) is 3.78. The fourth-order valence-corrected chi connectivity index (χ4v) is 3.91. The number of nitrogens with two attached hydrogens (primary N) is 1. The van der Waals surface area contributed by atoms with Crippen LogP contribution in [0, 0.1) is 5.92 Å². The molecular weight excluding hydrogens is 299 g/mol. The summed E-state index contributed by atoms with van der Waals surface area (Å²) in [4.78, 5) is 4.09. The second kappa shape index (κ2) is 5.44. The minimum atomic E-state index is -4.35. The number of imidazole rings is 1. The molecule has 2 heterocycles. The number of hydrogen-bond donors (Lipinski definition) is 1. The van der Waals surface area contributed by atoms with Gasteiger partial charge in [-0.1, -0.05) is 0 Å². The van der Waals surface area contributed by atoms with E-state index < -0.39 is 11.7 Å². The van der Waals surface area contributed by atoms with Crippen molar-refractivity contribution < 1.29 is 13.2 Å². The summed E-state index contributed by atoms with van der Waals surface area (Å²) in [5, 5.41) is 0. The number of alkyl halides is 3. The third-order valence-corrected chi connectivity index (χ3v) is 4.94. The fraction of sp³-hybridized carbons (Fsp3) is 0.500. The zero-order valence-corrected chi connectivity index (χ0v) is 12.2. The Morgan fingerprint density at radius 2 is 2.00 bits per heavy atom. The smallest absolute Gasteiger partial charge is 0.369 e. The highest BCUT2D eigenvalue weighted by Crippen LogP contribution is 2.32. The molecule has 7 heteroatoms. The molecule has 0 bridgehead atoms. The summed E-state index contributed by atoms with van der Waals surface area (Å²) in [6.07, 6.45) is -2.12. The topological polar surface area (TPSA) is 43.8 Å². The number of hydrogen-bond acceptors (Lipinski definition) is 3. The lowest BCUT2D eigenvalue weighted by Gasteiger charge is -2.22. The van der Waals surface area contributed by atoms with Crippen molar-refractivity contribution in [2.75, 3.05) is 17.2 Å². The number of benzene rings is 1. The monoisotopic (exact) mass is 315 g/mol. The zero-order chi connectivity index (χ0) is 15.0. The van der Waals surface area contributed by atoms with Crippen LogP contribution >= 0.6 is 11.8 Å². The van der Waals surface area contributed by atoms with Gasteiger partial charge < -0.3 is 10.3 Å². The van der Waals surface area contributed by atoms with Crippen LogP contribution in [0.25, 0.3) is 11.0 Å². The number of rotatable bonds is 2. The number of aromatic nitrogens is 2. The summed E-state index contributed by atoms with van der Waals surface area (Å²) in [5.41, 5.74) is 6.20. The van der Waals surface area contributed by atoms with Gasteiger partial charge in [0.1, 0.15) is 0 Å². The molecule has 0 amide bonds. The van der Waals surface area contributed by atoms with Crippen molar-refractivity contribution >= 4 is 28.7 Å². The van der Waals surface area contributed by atoms with Gasteiger partial charge in [0.15, 0.2) is 0 Å². The molecule has 1 saturated heterocycles. The van der Waals surface area contributed by atoms with E-state index in [4.69, 9.17) is 5.73 Å². The SMILES string of the molecule is Nc1nc2cc(C(F)(F)F)ccc2n1CC1CCSCC1. The highest BCUT2D eigenvalue weighted by atomic mass is 32.2. The Balaban J connectivity index is 1.93. The van der Waals surface area contributed by atoms with Crippen LogP contribution in [0.2, 0.25) is 0 Å². The minimum absolute atomic E-state index is 0.294. The Morgan fingerprint density at radius 3 is 2.67 bits per heavy atom. The van der Waals surface area contributed by atoms with Gasteiger partial charge in [0.2, 0.25) is 5.95 Å². The molecule has 0 atom stereocenters. The molecule has 2 aromatic rings. The van der Waals surface area contributed by atoms with E-state index in [1.165, 1.54) is 6.07 Å². The lowest BCUT2D eigenvalue weighted by molar-refractivity contribution is -0.137. The van der Waals surface area contributed by atoms with Crippen molar-refractivity contribution in [3.8, 4) is 0 Å². The van der Waals surface area contributed by atoms with E-state index in [0.29, 0.717) is 22.9 Å². The van der Waals surface area contributed by atoms with E-state index in [0.717, 1.165) is 43.0 Å². The molecular formula is C14H16F3N3S. The molecule has 1 fully saturated rings. The highest BCUT2D eigenvalue weighted by molar-refractivity contribution is 7.99. The van der Waals surface area contributed by atoms with Crippen molar-refractivity contribution in [2.45, 2.75) is 25.6 Å². The summed E-state index contributed by atoms with van der Waals surface area (Å²) in [6.45, 7) is 0.730. The van der Waals surface area contributed by atoms with Crippen LogP contribution in [0.3, 0.4) is 0 Å². The van der Waals surface area contributed by atoms with Crippen LogP contribution in [-0.4, -0.2) is 21.1 Å². The van der Waals surface area contributed by atoms with Crippen LogP contribution in [0.1, 0.15) is 18.4 Å². The molecule has 0 spiro atoms. The number of fused-ring (bicyclic) bond motifs is 1. The average Bonchev–Trinajstić information content (AvgIpc) is 2.75. The Hall–Kier alpha value is -1.37. The lowest BCUT2D eigenvalue weighted by atomic mass is 10.0. The third kappa shape index (κ3) is 2.97. The van der Waals surface area contributed by atoms with Gasteiger partial charge in [-0.05, 0) is 48.5 Å². The first-order valence-corrected chi connectivity index (χ1v) is 8.01. The fourth-order valence-electron chi connectivity index (χ4n) is 2.70. The van der Waals surface area contributed by atoms with E-state index in [2.05, 4.69) is 4.98 Å². The number of nitrogens with zero attached hydrogens (tertiary/aromatic N) is 2. The van der Waals surface area contributed by atoms with Gasteiger partial charge in [-0.3, -0.25) is 0 Å². The summed E-state index contributed by atoms with van der Waals surface area (Å²) >= 11 is 1.94. The van der Waals surface area contributed by atoms with E-state index in [1.54, 1.807) is 0 Å². The minimum Gasteiger partial charge on any atom is -0.369 e. The van der Waals surface area contributed by atoms with E-state index in [1.807, 2.05) is 16.3 Å². The summed E-state index contributed by atoms with van der Waals surface area (Å²) in [7, 11) is 0. The molecule has 3 nitrogen and oxygen atoms in total. The van der Waals surface area contributed by atoms with Crippen molar-refractivity contribution in [2.24, 2.45) is 5.92 Å². The second-order valence-electron chi connectivity index (χ2n) is 5.34. The van der Waals surface area contributed by atoms with Crippen LogP contribution < -0.4 is 5.73 Å². The molecule has 114 valence electrons. The lowest BCUT2D eigenvalue weighted by Crippen LogP contribution is -2.17. The van der Waals surface area contributed by atoms with Gasteiger partial charge in [-0.2, -0.15) is 24.9 Å². The van der Waals surface area contributed by atoms with Crippen LogP contribution in [0.15, 0.2) is 18.2 Å². The van der Waals surface area contributed by atoms with Gasteiger partial charge in [0.25, 0.3) is 0 Å². The van der Waals surface area contributed by atoms with Gasteiger partial charge in [-0.15, -0.1) is 0 Å². The summed E-state index contributed by atoms with van der Waals surface area (Å²) in [6, 6.07) is 3.63. The molecule has 3 rings (SSSR count). The first kappa shape index (κ1) is 14.6. The van der Waals surface area contributed by atoms with Crippen LogP contribution in [0.5, 0.6) is 0 Å². The molecule has 1 aliphatic rings. The van der Waals surface area contributed by atoms with Crippen molar-refractivity contribution in [3.05, 3.63) is 23.8 Å². The molecule has 1 aromatic heterocycles. The maximum Gasteiger partial charge on any atom is 0.416 e. The molecule has 1 aromatic carbocycles. The highest BCUT2D eigenvalue weighted by Gasteiger charge is 2.31. The van der Waals surface area contributed by atoms with Crippen molar-refractivity contribution in [3.63, 3.8) is 0 Å². The van der Waals surface area contributed by atoms with Gasteiger partial charge >= 0.3 is 6.18 Å². The maximum absolute atomic E-state index is 12.7. The first-order chi connectivity index (χ1) is 9.95. The Morgan fingerprint density at radius 1 is 1.29 bits per heavy atom. The third-order valence-electron chi connectivity index (χ3n) is 3.89. The van der Waals surface area contributed by atoms with E-state index >= 15 is 0 Å². The second-order valence-corrected chi connectivity index (χ2v) is 6.56. The van der Waals surface area contributed by atoms with Crippen LogP contribution in [0.4, 0.5) is 19.1 Å².